The Balaban J connectivity index is 1.83. The number of pyridine rings is 1. The van der Waals surface area contributed by atoms with Crippen LogP contribution in [-0.4, -0.2) is 28.4 Å². The number of rotatable bonds is 4. The van der Waals surface area contributed by atoms with E-state index in [1.54, 1.807) is 0 Å². The maximum atomic E-state index is 11.8. The molecule has 0 spiro atoms. The number of aryl methyl sites for hydroxylation is 2. The van der Waals surface area contributed by atoms with Crippen LogP contribution in [0.15, 0.2) is 48.5 Å². The number of hydrogen-bond acceptors (Lipinski definition) is 3. The van der Waals surface area contributed by atoms with E-state index >= 15 is 0 Å². The highest BCUT2D eigenvalue weighted by Crippen LogP contribution is 2.30. The molecule has 1 fully saturated rings. The fraction of sp³-hybridized carbons (Fsp3) is 0.304. The molecule has 0 radical (unpaired) electrons. The van der Waals surface area contributed by atoms with Gasteiger partial charge < -0.3 is 5.73 Å². The smallest absolute Gasteiger partial charge is 0.234 e. The van der Waals surface area contributed by atoms with E-state index in [-0.39, 0.29) is 11.9 Å². The maximum absolute atomic E-state index is 11.8. The number of nitrogens with two attached hydrogens (primary N) is 1. The van der Waals surface area contributed by atoms with Gasteiger partial charge in [0.05, 0.1) is 17.3 Å². The maximum Gasteiger partial charge on any atom is 0.234 e. The number of nitrogens with zero attached hydrogens (tertiary/aromatic N) is 2. The summed E-state index contributed by atoms with van der Waals surface area (Å²) in [7, 11) is 0. The standard InChI is InChI=1S/C23H25N3O/c1-15-5-3-6-18(11-15)22-19(14-26-10-4-7-21(26)23(24)27)13-17-9-8-16(2)12-20(17)25-22/h3,5-6,8-9,11-13,21H,4,7,10,14H2,1-2H3,(H2,24,27)/t21-/m0/s1. The minimum Gasteiger partial charge on any atom is -0.368 e. The third-order valence-electron chi connectivity index (χ3n) is 5.41. The Bertz CT molecular complexity index is 1010. The molecule has 1 aliphatic rings. The Labute approximate surface area is 160 Å². The van der Waals surface area contributed by atoms with Gasteiger partial charge >= 0.3 is 0 Å². The number of fused-ring (bicyclic) bond motifs is 1. The molecule has 1 amide bonds. The van der Waals surface area contributed by atoms with Gasteiger partial charge in [0.25, 0.3) is 0 Å². The molecular formula is C23H25N3O. The zero-order valence-corrected chi connectivity index (χ0v) is 15.9. The van der Waals surface area contributed by atoms with Crippen LogP contribution >= 0.6 is 0 Å². The first kappa shape index (κ1) is 17.7. The summed E-state index contributed by atoms with van der Waals surface area (Å²) in [6, 6.07) is 16.8. The van der Waals surface area contributed by atoms with Crippen molar-refractivity contribution in [2.75, 3.05) is 6.54 Å². The van der Waals surface area contributed by atoms with E-state index in [2.05, 4.69) is 67.3 Å². The SMILES string of the molecule is Cc1cccc(-c2nc3cc(C)ccc3cc2CN2CCC[C@H]2C(N)=O)c1. The quantitative estimate of drug-likeness (QED) is 0.767. The Morgan fingerprint density at radius 3 is 2.74 bits per heavy atom. The topological polar surface area (TPSA) is 59.2 Å². The van der Waals surface area contributed by atoms with Crippen molar-refractivity contribution in [3.63, 3.8) is 0 Å². The summed E-state index contributed by atoms with van der Waals surface area (Å²) in [5, 5.41) is 1.13. The van der Waals surface area contributed by atoms with E-state index in [1.165, 1.54) is 11.1 Å². The van der Waals surface area contributed by atoms with Crippen molar-refractivity contribution in [1.82, 2.24) is 9.88 Å². The monoisotopic (exact) mass is 359 g/mol. The molecule has 2 N–H and O–H groups in total. The fourth-order valence-corrected chi connectivity index (χ4v) is 4.04. The molecule has 0 saturated carbocycles. The molecule has 0 unspecified atom stereocenters. The first-order chi connectivity index (χ1) is 13.0. The second kappa shape index (κ2) is 7.12. The third-order valence-corrected chi connectivity index (χ3v) is 5.41. The van der Waals surface area contributed by atoms with Crippen LogP contribution in [0.25, 0.3) is 22.2 Å². The second-order valence-electron chi connectivity index (χ2n) is 7.59. The lowest BCUT2D eigenvalue weighted by molar-refractivity contribution is -0.122. The molecule has 1 aliphatic heterocycles. The van der Waals surface area contributed by atoms with Crippen molar-refractivity contribution in [2.45, 2.75) is 39.3 Å². The van der Waals surface area contributed by atoms with Gasteiger partial charge in [-0.25, -0.2) is 4.98 Å². The summed E-state index contributed by atoms with van der Waals surface area (Å²) in [6.45, 7) is 5.77. The lowest BCUT2D eigenvalue weighted by atomic mass is 10.0. The van der Waals surface area contributed by atoms with Gasteiger partial charge in [0.15, 0.2) is 0 Å². The number of carbonyl (C=O) groups excluding carboxylic acids is 1. The van der Waals surface area contributed by atoms with Crippen LogP contribution in [-0.2, 0) is 11.3 Å². The van der Waals surface area contributed by atoms with Crippen LogP contribution in [0.4, 0.5) is 0 Å². The largest absolute Gasteiger partial charge is 0.368 e. The Morgan fingerprint density at radius 1 is 1.15 bits per heavy atom. The van der Waals surface area contributed by atoms with Gasteiger partial charge in [0.2, 0.25) is 5.91 Å². The number of carbonyl (C=O) groups is 1. The van der Waals surface area contributed by atoms with Crippen LogP contribution in [0.3, 0.4) is 0 Å². The van der Waals surface area contributed by atoms with Crippen LogP contribution in [0.2, 0.25) is 0 Å². The van der Waals surface area contributed by atoms with Crippen molar-refractivity contribution < 1.29 is 4.79 Å². The molecule has 0 bridgehead atoms. The molecule has 3 aromatic rings. The third kappa shape index (κ3) is 3.58. The van der Waals surface area contributed by atoms with Crippen LogP contribution in [0.1, 0.15) is 29.5 Å². The van der Waals surface area contributed by atoms with E-state index in [0.717, 1.165) is 47.1 Å². The van der Waals surface area contributed by atoms with Crippen molar-refractivity contribution in [1.29, 1.82) is 0 Å². The molecule has 4 heteroatoms. The number of hydrogen-bond donors (Lipinski definition) is 1. The summed E-state index contributed by atoms with van der Waals surface area (Å²) in [4.78, 5) is 19.0. The fourth-order valence-electron chi connectivity index (χ4n) is 4.04. The minimum atomic E-state index is -0.228. The van der Waals surface area contributed by atoms with E-state index in [0.29, 0.717) is 6.54 Å². The van der Waals surface area contributed by atoms with Crippen LogP contribution in [0, 0.1) is 13.8 Å². The number of primary amides is 1. The van der Waals surface area contributed by atoms with E-state index < -0.39 is 0 Å². The lowest BCUT2D eigenvalue weighted by Gasteiger charge is -2.23. The molecule has 1 aromatic heterocycles. The molecule has 1 saturated heterocycles. The van der Waals surface area contributed by atoms with Crippen molar-refractivity contribution in [3.05, 3.63) is 65.2 Å². The second-order valence-corrected chi connectivity index (χ2v) is 7.59. The molecule has 2 heterocycles. The summed E-state index contributed by atoms with van der Waals surface area (Å²) in [5.41, 5.74) is 12.3. The molecule has 4 rings (SSSR count). The normalized spacial score (nSPS) is 17.5. The first-order valence-corrected chi connectivity index (χ1v) is 9.52. The average Bonchev–Trinajstić information content (AvgIpc) is 3.10. The van der Waals surface area contributed by atoms with E-state index in [4.69, 9.17) is 10.7 Å². The van der Waals surface area contributed by atoms with Crippen LogP contribution < -0.4 is 5.73 Å². The lowest BCUT2D eigenvalue weighted by Crippen LogP contribution is -2.39. The van der Waals surface area contributed by atoms with Gasteiger partial charge in [-0.05, 0) is 62.6 Å². The number of likely N-dealkylation sites (tertiary alicyclic amines) is 1. The summed E-state index contributed by atoms with van der Waals surface area (Å²) in [5.74, 6) is -0.228. The predicted molar refractivity (Wildman–Crippen MR) is 109 cm³/mol. The van der Waals surface area contributed by atoms with E-state index in [9.17, 15) is 4.79 Å². The summed E-state index contributed by atoms with van der Waals surface area (Å²) in [6.07, 6.45) is 1.85. The highest BCUT2D eigenvalue weighted by atomic mass is 16.1. The van der Waals surface area contributed by atoms with Crippen molar-refractivity contribution in [3.8, 4) is 11.3 Å². The number of aromatic nitrogens is 1. The van der Waals surface area contributed by atoms with Crippen LogP contribution in [0.5, 0.6) is 0 Å². The number of benzene rings is 2. The summed E-state index contributed by atoms with van der Waals surface area (Å²) < 4.78 is 0. The average molecular weight is 359 g/mol. The molecule has 27 heavy (non-hydrogen) atoms. The van der Waals surface area contributed by atoms with Gasteiger partial charge in [0, 0.05) is 17.5 Å². The Kier molecular flexibility index (Phi) is 4.66. The van der Waals surface area contributed by atoms with E-state index in [1.807, 2.05) is 0 Å². The predicted octanol–water partition coefficient (Wildman–Crippen LogP) is 3.97. The summed E-state index contributed by atoms with van der Waals surface area (Å²) >= 11 is 0. The number of amides is 1. The molecule has 4 nitrogen and oxygen atoms in total. The molecule has 0 aliphatic carbocycles. The van der Waals surface area contributed by atoms with Gasteiger partial charge in [-0.3, -0.25) is 9.69 Å². The zero-order chi connectivity index (χ0) is 19.0. The van der Waals surface area contributed by atoms with Gasteiger partial charge in [0.1, 0.15) is 0 Å². The molecule has 2 aromatic carbocycles. The minimum absolute atomic E-state index is 0.177. The molecular weight excluding hydrogens is 334 g/mol. The van der Waals surface area contributed by atoms with Crippen molar-refractivity contribution >= 4 is 16.8 Å². The first-order valence-electron chi connectivity index (χ1n) is 9.52. The van der Waals surface area contributed by atoms with Crippen molar-refractivity contribution in [2.24, 2.45) is 5.73 Å². The van der Waals surface area contributed by atoms with Gasteiger partial charge in [-0.1, -0.05) is 35.9 Å². The zero-order valence-electron chi connectivity index (χ0n) is 15.9. The van der Waals surface area contributed by atoms with Gasteiger partial charge in [-0.15, -0.1) is 0 Å². The Hall–Kier alpha value is -2.72. The highest BCUT2D eigenvalue weighted by molar-refractivity contribution is 5.84. The molecule has 138 valence electrons. The molecule has 1 atom stereocenters. The highest BCUT2D eigenvalue weighted by Gasteiger charge is 2.29. The Morgan fingerprint density at radius 2 is 1.96 bits per heavy atom. The van der Waals surface area contributed by atoms with Gasteiger partial charge in [-0.2, -0.15) is 0 Å².